The van der Waals surface area contributed by atoms with E-state index in [1.807, 2.05) is 48.7 Å². The average molecular weight is 516 g/mol. The van der Waals surface area contributed by atoms with Gasteiger partial charge in [0.25, 0.3) is 0 Å². The number of fused-ring (bicyclic) bond motifs is 2. The Bertz CT molecular complexity index is 1540. The molecule has 0 aliphatic carbocycles. The topological polar surface area (TPSA) is 156 Å². The number of H-pyrrole nitrogens is 1. The van der Waals surface area contributed by atoms with E-state index in [-0.39, 0.29) is 6.61 Å². The van der Waals surface area contributed by atoms with Gasteiger partial charge in [0, 0.05) is 18.1 Å². The largest absolute Gasteiger partial charge is 0.487 e. The van der Waals surface area contributed by atoms with Gasteiger partial charge in [0.2, 0.25) is 0 Å². The molecule has 6 rings (SSSR count). The number of nitrogens with two attached hydrogens (primary N) is 1. The minimum atomic E-state index is -0.984. The summed E-state index contributed by atoms with van der Waals surface area (Å²) in [6, 6.07) is 15.4. The standard InChI is InChI=1S/C27H29N7O4/c28-21-24(36)20(12-35)38-27(21)34-15-33-23-25(31-14-32-26(23)34)29-10-9-17-11-30-22-18(17)7-4-8-19(22)37-13-16-5-2-1-3-6-16/h1-8,11,14-15,20-21,24,27,30,35-36H,9-10,12-13,28H2,(H,29,31,32)/t20-,21-,24-,27-/m1/s1. The normalized spacial score (nSPS) is 21.3. The van der Waals surface area contributed by atoms with Gasteiger partial charge in [0.15, 0.2) is 23.2 Å². The summed E-state index contributed by atoms with van der Waals surface area (Å²) in [4.78, 5) is 16.6. The fourth-order valence-corrected chi connectivity index (χ4v) is 4.90. The first-order valence-electron chi connectivity index (χ1n) is 12.5. The maximum absolute atomic E-state index is 10.2. The number of nitrogens with one attached hydrogen (secondary N) is 2. The SMILES string of the molecule is N[C@@H]1[C@H](O)[C@@H](CO)O[C@H]1n1cnc2c(NCCc3c[nH]c4c(OCc5ccccc5)cccc34)ncnc21. The number of aliphatic hydroxyl groups is 2. The van der Waals surface area contributed by atoms with Crippen molar-refractivity contribution in [3.8, 4) is 5.75 Å². The fourth-order valence-electron chi connectivity index (χ4n) is 4.90. The van der Waals surface area contributed by atoms with Gasteiger partial charge in [-0.3, -0.25) is 4.57 Å². The quantitative estimate of drug-likeness (QED) is 0.198. The summed E-state index contributed by atoms with van der Waals surface area (Å²) in [6.07, 6.45) is 3.33. The second-order valence-electron chi connectivity index (χ2n) is 9.31. The van der Waals surface area contributed by atoms with Crippen LogP contribution in [0.3, 0.4) is 0 Å². The molecule has 11 heteroatoms. The Morgan fingerprint density at radius 2 is 1.97 bits per heavy atom. The number of imidazole rings is 1. The van der Waals surface area contributed by atoms with Crippen molar-refractivity contribution in [3.63, 3.8) is 0 Å². The predicted octanol–water partition coefficient (Wildman–Crippen LogP) is 2.12. The van der Waals surface area contributed by atoms with Gasteiger partial charge in [0.05, 0.1) is 24.5 Å². The molecule has 1 aliphatic heterocycles. The Balaban J connectivity index is 1.15. The number of nitrogens with zero attached hydrogens (tertiary/aromatic N) is 4. The first kappa shape index (κ1) is 24.3. The van der Waals surface area contributed by atoms with E-state index in [1.165, 1.54) is 6.33 Å². The van der Waals surface area contributed by atoms with Gasteiger partial charge in [0.1, 0.15) is 30.9 Å². The van der Waals surface area contributed by atoms with Gasteiger partial charge in [-0.2, -0.15) is 0 Å². The van der Waals surface area contributed by atoms with E-state index >= 15 is 0 Å². The van der Waals surface area contributed by atoms with E-state index in [2.05, 4.69) is 31.3 Å². The molecule has 0 saturated carbocycles. The monoisotopic (exact) mass is 515 g/mol. The molecule has 1 saturated heterocycles. The molecule has 196 valence electrons. The number of aliphatic hydroxyl groups excluding tert-OH is 2. The second kappa shape index (κ2) is 10.4. The zero-order valence-electron chi connectivity index (χ0n) is 20.6. The highest BCUT2D eigenvalue weighted by molar-refractivity contribution is 5.88. The first-order valence-corrected chi connectivity index (χ1v) is 12.5. The number of ether oxygens (including phenoxy) is 2. The lowest BCUT2D eigenvalue weighted by molar-refractivity contribution is -0.0437. The molecular formula is C27H29N7O4. The highest BCUT2D eigenvalue weighted by Crippen LogP contribution is 2.31. The van der Waals surface area contributed by atoms with Crippen LogP contribution in [0.15, 0.2) is 67.4 Å². The summed E-state index contributed by atoms with van der Waals surface area (Å²) in [5, 5.41) is 24.2. The molecule has 1 fully saturated rings. The van der Waals surface area contributed by atoms with E-state index in [9.17, 15) is 10.2 Å². The third kappa shape index (κ3) is 4.45. The summed E-state index contributed by atoms with van der Waals surface area (Å²) in [5.74, 6) is 1.40. The van der Waals surface area contributed by atoms with Crippen LogP contribution in [0.5, 0.6) is 5.75 Å². The highest BCUT2D eigenvalue weighted by atomic mass is 16.5. The number of anilines is 1. The third-order valence-corrected chi connectivity index (χ3v) is 6.92. The van der Waals surface area contributed by atoms with E-state index in [1.54, 1.807) is 10.9 Å². The van der Waals surface area contributed by atoms with Crippen molar-refractivity contribution in [3.05, 3.63) is 78.5 Å². The van der Waals surface area contributed by atoms with Crippen LogP contribution in [0.25, 0.3) is 22.1 Å². The molecule has 0 spiro atoms. The average Bonchev–Trinajstić information content (AvgIpc) is 3.65. The van der Waals surface area contributed by atoms with Crippen LogP contribution in [0, 0.1) is 0 Å². The number of aromatic nitrogens is 5. The van der Waals surface area contributed by atoms with Gasteiger partial charge in [-0.15, -0.1) is 0 Å². The molecule has 4 atom stereocenters. The number of para-hydroxylation sites is 1. The summed E-state index contributed by atoms with van der Waals surface area (Å²) in [7, 11) is 0. The Labute approximate surface area is 218 Å². The second-order valence-corrected chi connectivity index (χ2v) is 9.31. The van der Waals surface area contributed by atoms with Crippen LogP contribution in [-0.2, 0) is 17.8 Å². The van der Waals surface area contributed by atoms with E-state index in [0.29, 0.717) is 30.1 Å². The lowest BCUT2D eigenvalue weighted by Gasteiger charge is -2.17. The Hall–Kier alpha value is -4.03. The van der Waals surface area contributed by atoms with Gasteiger partial charge in [-0.25, -0.2) is 15.0 Å². The summed E-state index contributed by atoms with van der Waals surface area (Å²) < 4.78 is 13.5. The summed E-state index contributed by atoms with van der Waals surface area (Å²) in [5.41, 5.74) is 10.5. The predicted molar refractivity (Wildman–Crippen MR) is 142 cm³/mol. The minimum Gasteiger partial charge on any atom is -0.487 e. The smallest absolute Gasteiger partial charge is 0.167 e. The van der Waals surface area contributed by atoms with Gasteiger partial charge < -0.3 is 35.7 Å². The van der Waals surface area contributed by atoms with Crippen LogP contribution >= 0.6 is 0 Å². The van der Waals surface area contributed by atoms with Crippen molar-refractivity contribution in [2.24, 2.45) is 5.73 Å². The molecule has 0 radical (unpaired) electrons. The molecule has 0 unspecified atom stereocenters. The molecule has 0 amide bonds. The molecule has 4 heterocycles. The molecule has 2 aromatic carbocycles. The van der Waals surface area contributed by atoms with Crippen LogP contribution in [0.2, 0.25) is 0 Å². The van der Waals surface area contributed by atoms with Crippen molar-refractivity contribution in [1.29, 1.82) is 0 Å². The molecule has 11 nitrogen and oxygen atoms in total. The molecule has 6 N–H and O–H groups in total. The molecule has 3 aromatic heterocycles. The molecule has 5 aromatic rings. The Morgan fingerprint density at radius 3 is 2.79 bits per heavy atom. The third-order valence-electron chi connectivity index (χ3n) is 6.92. The zero-order valence-corrected chi connectivity index (χ0v) is 20.6. The summed E-state index contributed by atoms with van der Waals surface area (Å²) >= 11 is 0. The van der Waals surface area contributed by atoms with Crippen LogP contribution in [-0.4, -0.2) is 66.1 Å². The number of aromatic amines is 1. The number of hydrogen-bond donors (Lipinski definition) is 5. The van der Waals surface area contributed by atoms with Crippen LogP contribution in [0.1, 0.15) is 17.4 Å². The first-order chi connectivity index (χ1) is 18.6. The van der Waals surface area contributed by atoms with Crippen molar-refractivity contribution >= 4 is 27.9 Å². The molecule has 38 heavy (non-hydrogen) atoms. The number of hydrogen-bond acceptors (Lipinski definition) is 9. The molecule has 0 bridgehead atoms. The van der Waals surface area contributed by atoms with Gasteiger partial charge in [-0.05, 0) is 23.6 Å². The van der Waals surface area contributed by atoms with E-state index < -0.39 is 24.5 Å². The zero-order chi connectivity index (χ0) is 26.1. The molecular weight excluding hydrogens is 486 g/mol. The van der Waals surface area contributed by atoms with Crippen molar-refractivity contribution in [2.75, 3.05) is 18.5 Å². The van der Waals surface area contributed by atoms with Crippen molar-refractivity contribution < 1.29 is 19.7 Å². The maximum atomic E-state index is 10.2. The van der Waals surface area contributed by atoms with Gasteiger partial charge >= 0.3 is 0 Å². The lowest BCUT2D eigenvalue weighted by atomic mass is 10.1. The van der Waals surface area contributed by atoms with Crippen molar-refractivity contribution in [2.45, 2.75) is 37.5 Å². The highest BCUT2D eigenvalue weighted by Gasteiger charge is 2.42. The Morgan fingerprint density at radius 1 is 1.11 bits per heavy atom. The molecule has 1 aliphatic rings. The van der Waals surface area contributed by atoms with E-state index in [4.69, 9.17) is 15.2 Å². The lowest BCUT2D eigenvalue weighted by Crippen LogP contribution is -2.39. The van der Waals surface area contributed by atoms with E-state index in [0.717, 1.165) is 34.2 Å². The Kier molecular flexibility index (Phi) is 6.64. The van der Waals surface area contributed by atoms with Crippen LogP contribution < -0.4 is 15.8 Å². The minimum absolute atomic E-state index is 0.325. The number of rotatable bonds is 9. The summed E-state index contributed by atoms with van der Waals surface area (Å²) in [6.45, 7) is 0.794. The van der Waals surface area contributed by atoms with Crippen LogP contribution in [0.4, 0.5) is 5.82 Å². The fraction of sp³-hybridized carbons (Fsp3) is 0.296. The van der Waals surface area contributed by atoms with Gasteiger partial charge in [-0.1, -0.05) is 42.5 Å². The number of benzene rings is 2. The maximum Gasteiger partial charge on any atom is 0.167 e. The van der Waals surface area contributed by atoms with Crippen molar-refractivity contribution in [1.82, 2.24) is 24.5 Å².